The van der Waals surface area contributed by atoms with E-state index >= 15 is 0 Å². The number of rotatable bonds is 6. The third kappa shape index (κ3) is 8.26. The van der Waals surface area contributed by atoms with Crippen LogP contribution in [0.25, 0.3) is 12.2 Å². The minimum absolute atomic E-state index is 0.178. The average molecular weight is 532 g/mol. The summed E-state index contributed by atoms with van der Waals surface area (Å²) in [6, 6.07) is 20.4. The number of imidazole rings is 1. The number of benzene rings is 3. The highest BCUT2D eigenvalue weighted by Gasteiger charge is 2.06. The predicted molar refractivity (Wildman–Crippen MR) is 147 cm³/mol. The highest BCUT2D eigenvalue weighted by molar-refractivity contribution is 7.85. The fraction of sp³-hybridized carbons (Fsp3) is 0.107. The number of nitrogens with one attached hydrogen (secondary N) is 1. The van der Waals surface area contributed by atoms with Crippen molar-refractivity contribution in [1.29, 1.82) is 0 Å². The molecule has 0 spiro atoms. The number of amides is 1. The number of anilines is 1. The molecule has 9 nitrogen and oxygen atoms in total. The van der Waals surface area contributed by atoms with Crippen molar-refractivity contribution in [2.75, 3.05) is 5.73 Å². The summed E-state index contributed by atoms with van der Waals surface area (Å²) in [6.45, 7) is 1.82. The second-order valence-corrected chi connectivity index (χ2v) is 9.85. The molecule has 4 rings (SSSR count). The largest absolute Gasteiger partial charge is 0.744 e. The Labute approximate surface area is 222 Å². The van der Waals surface area contributed by atoms with Crippen LogP contribution in [0, 0.1) is 6.92 Å². The van der Waals surface area contributed by atoms with Crippen LogP contribution in [-0.2, 0) is 24.2 Å². The van der Waals surface area contributed by atoms with E-state index in [0.29, 0.717) is 11.3 Å². The van der Waals surface area contributed by atoms with Crippen molar-refractivity contribution in [2.24, 2.45) is 19.2 Å². The molecule has 0 aliphatic rings. The quantitative estimate of drug-likeness (QED) is 0.130. The van der Waals surface area contributed by atoms with Crippen molar-refractivity contribution in [3.63, 3.8) is 0 Å². The average Bonchev–Trinajstić information content (AvgIpc) is 3.21. The molecule has 1 aromatic heterocycles. The van der Waals surface area contributed by atoms with Gasteiger partial charge in [-0.3, -0.25) is 4.79 Å². The van der Waals surface area contributed by atoms with Gasteiger partial charge in [0.15, 0.2) is 0 Å². The summed E-state index contributed by atoms with van der Waals surface area (Å²) in [7, 11) is -0.246. The fourth-order valence-electron chi connectivity index (χ4n) is 3.27. The second-order valence-electron chi connectivity index (χ2n) is 8.47. The maximum absolute atomic E-state index is 12.0. The molecule has 0 radical (unpaired) electrons. The molecule has 1 amide bonds. The monoisotopic (exact) mass is 531 g/mol. The molecule has 3 aromatic carbocycles. The van der Waals surface area contributed by atoms with E-state index in [-0.39, 0.29) is 10.8 Å². The van der Waals surface area contributed by atoms with Crippen LogP contribution in [-0.4, -0.2) is 29.7 Å². The van der Waals surface area contributed by atoms with E-state index < -0.39 is 10.1 Å². The van der Waals surface area contributed by atoms with E-state index in [1.165, 1.54) is 12.1 Å². The van der Waals surface area contributed by atoms with Crippen LogP contribution < -0.4 is 15.7 Å². The standard InChI is InChI=1S/C21H21N5O.C7H8O3S/c1-25-13-14-26(2)20(25)12-7-16-3-5-17(6-4-16)15-23-24-21(27)18-8-10-19(22)11-9-18;1-6-2-4-7(5-3-6)11(8,9)10/h3-15H,1-2H3,(H2,22,27);2-5H,1H3,(H,8,9,10). The molecule has 0 unspecified atom stereocenters. The van der Waals surface area contributed by atoms with Gasteiger partial charge in [-0.05, 0) is 60.5 Å². The van der Waals surface area contributed by atoms with Crippen LogP contribution in [0.3, 0.4) is 0 Å². The number of nitrogens with two attached hydrogens (primary N) is 1. The lowest BCUT2D eigenvalue weighted by Gasteiger charge is -2.05. The molecule has 196 valence electrons. The molecule has 3 N–H and O–H groups in total. The maximum Gasteiger partial charge on any atom is 0.280 e. The Morgan fingerprint density at radius 3 is 2.13 bits per heavy atom. The van der Waals surface area contributed by atoms with Gasteiger partial charge in [-0.25, -0.2) is 23.0 Å². The molecule has 4 aromatic rings. The number of aryl methyl sites for hydroxylation is 3. The summed E-state index contributed by atoms with van der Waals surface area (Å²) in [6.07, 6.45) is 9.75. The molecule has 10 heteroatoms. The molecular weight excluding hydrogens is 502 g/mol. The number of hydrogen-bond donors (Lipinski definition) is 2. The fourth-order valence-corrected chi connectivity index (χ4v) is 3.74. The first-order chi connectivity index (χ1) is 18.0. The molecule has 1 heterocycles. The molecule has 38 heavy (non-hydrogen) atoms. The predicted octanol–water partition coefficient (Wildman–Crippen LogP) is 3.27. The molecular formula is C28H29N5O4S. The Morgan fingerprint density at radius 2 is 1.58 bits per heavy atom. The zero-order valence-corrected chi connectivity index (χ0v) is 22.1. The van der Waals surface area contributed by atoms with Crippen molar-refractivity contribution in [2.45, 2.75) is 11.8 Å². The third-order valence-corrected chi connectivity index (χ3v) is 6.31. The van der Waals surface area contributed by atoms with Crippen molar-refractivity contribution < 1.29 is 22.3 Å². The lowest BCUT2D eigenvalue weighted by molar-refractivity contribution is -0.672. The van der Waals surface area contributed by atoms with Gasteiger partial charge in [0.05, 0.1) is 25.2 Å². The van der Waals surface area contributed by atoms with Crippen LogP contribution >= 0.6 is 0 Å². The number of nitrogens with zero attached hydrogens (tertiary/aromatic N) is 3. The summed E-state index contributed by atoms with van der Waals surface area (Å²) in [5.41, 5.74) is 12.2. The van der Waals surface area contributed by atoms with Gasteiger partial charge in [0.1, 0.15) is 22.5 Å². The molecule has 0 bridgehead atoms. The van der Waals surface area contributed by atoms with E-state index in [9.17, 15) is 17.8 Å². The van der Waals surface area contributed by atoms with Gasteiger partial charge in [0, 0.05) is 17.3 Å². The van der Waals surface area contributed by atoms with Gasteiger partial charge in [-0.15, -0.1) is 0 Å². The van der Waals surface area contributed by atoms with E-state index in [1.54, 1.807) is 42.6 Å². The van der Waals surface area contributed by atoms with Crippen molar-refractivity contribution in [3.8, 4) is 0 Å². The minimum Gasteiger partial charge on any atom is -0.744 e. The number of nitrogen functional groups attached to an aromatic ring is 1. The first kappa shape index (κ1) is 28.0. The third-order valence-electron chi connectivity index (χ3n) is 5.46. The first-order valence-corrected chi connectivity index (χ1v) is 12.9. The van der Waals surface area contributed by atoms with Crippen molar-refractivity contribution >= 4 is 40.1 Å². The summed E-state index contributed by atoms with van der Waals surface area (Å²) in [5.74, 6) is 0.826. The lowest BCUT2D eigenvalue weighted by atomic mass is 10.1. The SMILES string of the molecule is Cc1ccc(S(=O)(=O)[O-])cc1.Cn1cc[n+](C)c1/C=C/c1ccc(/C=N/NC(=O)c2ccc(N)cc2)cc1. The van der Waals surface area contributed by atoms with E-state index in [2.05, 4.69) is 31.8 Å². The Bertz CT molecular complexity index is 1520. The topological polar surface area (TPSA) is 133 Å². The summed E-state index contributed by atoms with van der Waals surface area (Å²) >= 11 is 0. The molecule has 0 aliphatic heterocycles. The summed E-state index contributed by atoms with van der Waals surface area (Å²) in [4.78, 5) is 11.8. The number of carbonyl (C=O) groups is 1. The second kappa shape index (κ2) is 12.6. The molecule has 0 aliphatic carbocycles. The Hall–Kier alpha value is -4.54. The number of hydrogen-bond acceptors (Lipinski definition) is 6. The van der Waals surface area contributed by atoms with Crippen LogP contribution in [0.5, 0.6) is 0 Å². The van der Waals surface area contributed by atoms with Gasteiger partial charge in [-0.2, -0.15) is 5.10 Å². The van der Waals surface area contributed by atoms with Gasteiger partial charge in [0.2, 0.25) is 0 Å². The lowest BCUT2D eigenvalue weighted by Crippen LogP contribution is -2.29. The number of hydrazone groups is 1. The number of aromatic nitrogens is 2. The highest BCUT2D eigenvalue weighted by atomic mass is 32.2. The van der Waals surface area contributed by atoms with Gasteiger partial charge in [0.25, 0.3) is 11.7 Å². The summed E-state index contributed by atoms with van der Waals surface area (Å²) in [5, 5.41) is 4.00. The van der Waals surface area contributed by atoms with Crippen LogP contribution in [0.15, 0.2) is 95.2 Å². The molecule has 0 fully saturated rings. The highest BCUT2D eigenvalue weighted by Crippen LogP contribution is 2.09. The van der Waals surface area contributed by atoms with E-state index in [0.717, 1.165) is 22.5 Å². The van der Waals surface area contributed by atoms with Gasteiger partial charge >= 0.3 is 0 Å². The van der Waals surface area contributed by atoms with Crippen LogP contribution in [0.1, 0.15) is 32.9 Å². The molecule has 0 saturated carbocycles. The smallest absolute Gasteiger partial charge is 0.280 e. The van der Waals surface area contributed by atoms with E-state index in [4.69, 9.17) is 5.73 Å². The molecule has 0 saturated heterocycles. The van der Waals surface area contributed by atoms with Crippen molar-refractivity contribution in [3.05, 3.63) is 113 Å². The Kier molecular flexibility index (Phi) is 9.31. The minimum atomic E-state index is -4.27. The zero-order chi connectivity index (χ0) is 27.7. The molecule has 0 atom stereocenters. The normalized spacial score (nSPS) is 11.4. The zero-order valence-electron chi connectivity index (χ0n) is 21.3. The summed E-state index contributed by atoms with van der Waals surface area (Å²) < 4.78 is 35.3. The van der Waals surface area contributed by atoms with Gasteiger partial charge < -0.3 is 10.3 Å². The maximum atomic E-state index is 12.0. The van der Waals surface area contributed by atoms with Crippen LogP contribution in [0.2, 0.25) is 0 Å². The Balaban J connectivity index is 0.000000304. The van der Waals surface area contributed by atoms with E-state index in [1.807, 2.05) is 57.7 Å². The first-order valence-electron chi connectivity index (χ1n) is 11.5. The van der Waals surface area contributed by atoms with Gasteiger partial charge in [-0.1, -0.05) is 42.0 Å². The Morgan fingerprint density at radius 1 is 0.974 bits per heavy atom. The van der Waals surface area contributed by atoms with Crippen LogP contribution in [0.4, 0.5) is 5.69 Å². The number of carbonyl (C=O) groups excluding carboxylic acids is 1. The van der Waals surface area contributed by atoms with Crippen molar-refractivity contribution in [1.82, 2.24) is 9.99 Å².